The molecule has 3 aliphatic rings. The molecule has 3 fully saturated rings. The van der Waals surface area contributed by atoms with Crippen LogP contribution in [0.15, 0.2) is 24.3 Å². The molecule has 0 aliphatic carbocycles. The van der Waals surface area contributed by atoms with Gasteiger partial charge in [-0.15, -0.1) is 0 Å². The summed E-state index contributed by atoms with van der Waals surface area (Å²) in [5.74, 6) is -6.28. The van der Waals surface area contributed by atoms with Gasteiger partial charge in [0.1, 0.15) is 48.4 Å². The van der Waals surface area contributed by atoms with Crippen LogP contribution in [0, 0.1) is 23.6 Å². The molecule has 4 rings (SSSR count). The summed E-state index contributed by atoms with van der Waals surface area (Å²) in [4.78, 5) is 29.8. The topological polar surface area (TPSA) is 188 Å². The van der Waals surface area contributed by atoms with Crippen molar-refractivity contribution in [3.05, 3.63) is 35.6 Å². The Labute approximate surface area is 318 Å². The zero-order valence-electron chi connectivity index (χ0n) is 33.3. The molecular formula is C39H63FN2O12. The predicted octanol–water partition coefficient (Wildman–Crippen LogP) is 2.07. The molecule has 308 valence electrons. The Hall–Kier alpha value is -2.31. The van der Waals surface area contributed by atoms with E-state index in [-0.39, 0.29) is 31.1 Å². The maximum absolute atomic E-state index is 13.7. The summed E-state index contributed by atoms with van der Waals surface area (Å²) < 4.78 is 43.6. The van der Waals surface area contributed by atoms with Gasteiger partial charge >= 0.3 is 11.9 Å². The first-order valence-corrected chi connectivity index (χ1v) is 19.1. The van der Waals surface area contributed by atoms with Crippen molar-refractivity contribution in [3.8, 4) is 0 Å². The van der Waals surface area contributed by atoms with Crippen molar-refractivity contribution in [2.24, 2.45) is 17.8 Å². The smallest absolute Gasteiger partial charge is 0.338 e. The summed E-state index contributed by atoms with van der Waals surface area (Å²) in [6.07, 6.45) is -6.22. The highest BCUT2D eigenvalue weighted by molar-refractivity contribution is 5.89. The molecule has 0 saturated carbocycles. The fourth-order valence-corrected chi connectivity index (χ4v) is 8.62. The van der Waals surface area contributed by atoms with Crippen molar-refractivity contribution in [1.82, 2.24) is 9.80 Å². The molecule has 15 heteroatoms. The fraction of sp³-hybridized carbons (Fsp3) is 0.795. The third-order valence-electron chi connectivity index (χ3n) is 11.9. The number of carbonyl (C=O) groups is 2. The Morgan fingerprint density at radius 2 is 1.74 bits per heavy atom. The van der Waals surface area contributed by atoms with Gasteiger partial charge in [0.15, 0.2) is 12.1 Å². The second-order valence-electron chi connectivity index (χ2n) is 16.5. The molecule has 5 N–H and O–H groups in total. The van der Waals surface area contributed by atoms with Gasteiger partial charge in [0.05, 0.1) is 23.4 Å². The minimum absolute atomic E-state index is 0.0295. The largest absolute Gasteiger partial charge is 0.459 e. The molecule has 1 aromatic rings. The zero-order chi connectivity index (χ0) is 40.5. The lowest BCUT2D eigenvalue weighted by Gasteiger charge is -2.45. The molecule has 0 spiro atoms. The molecule has 2 bridgehead atoms. The first-order chi connectivity index (χ1) is 25.0. The van der Waals surface area contributed by atoms with Crippen LogP contribution in [0.4, 0.5) is 4.39 Å². The van der Waals surface area contributed by atoms with Crippen molar-refractivity contribution >= 4 is 11.9 Å². The molecule has 0 radical (unpaired) electrons. The molecular weight excluding hydrogens is 707 g/mol. The Kier molecular flexibility index (Phi) is 14.3. The summed E-state index contributed by atoms with van der Waals surface area (Å²) in [6, 6.07) is 3.80. The van der Waals surface area contributed by atoms with Crippen LogP contribution in [0.1, 0.15) is 85.0 Å². The summed E-state index contributed by atoms with van der Waals surface area (Å²) in [5, 5.41) is 57.5. The van der Waals surface area contributed by atoms with E-state index in [0.717, 1.165) is 12.1 Å². The van der Waals surface area contributed by atoms with E-state index in [0.29, 0.717) is 19.4 Å². The maximum Gasteiger partial charge on any atom is 0.338 e. The van der Waals surface area contributed by atoms with E-state index >= 15 is 0 Å². The van der Waals surface area contributed by atoms with Crippen LogP contribution >= 0.6 is 0 Å². The van der Waals surface area contributed by atoms with Crippen LogP contribution in [0.2, 0.25) is 0 Å². The first kappa shape index (κ1) is 44.4. The predicted molar refractivity (Wildman–Crippen MR) is 194 cm³/mol. The number of aliphatic hydroxyl groups excluding tert-OH is 3. The van der Waals surface area contributed by atoms with Gasteiger partial charge in [-0.3, -0.25) is 9.69 Å². The van der Waals surface area contributed by atoms with Crippen LogP contribution in [0.5, 0.6) is 0 Å². The minimum Gasteiger partial charge on any atom is -0.459 e. The standard InChI is InChI=1S/C39H63FN2O12/c1-11-30-38(8,48)32(45)25(6)41(9)18-21(2)17-37(7)33(23(4)39(49,54-37)24(5)34(46)52-30)53-36-31(44)29(16-22(3)51-36)42(10)19-28(43)20-50-35(47)26-12-14-27(40)15-13-26/h12-15,21-25,28-33,36,43-45,48-49H,11,16-20H2,1-10H3/t21-,22-,23-,24+,25-,28?,29?,30-,31?,32-,33-,36+,37+,38-,39?/m1/s1. The number of ether oxygens (including phenoxy) is 5. The Balaban J connectivity index is 1.55. The lowest BCUT2D eigenvalue weighted by molar-refractivity contribution is -0.287. The van der Waals surface area contributed by atoms with Crippen LogP contribution < -0.4 is 0 Å². The zero-order valence-corrected chi connectivity index (χ0v) is 33.3. The molecule has 4 unspecified atom stereocenters. The number of cyclic esters (lactones) is 1. The van der Waals surface area contributed by atoms with Gasteiger partial charge in [0, 0.05) is 31.1 Å². The van der Waals surface area contributed by atoms with Gasteiger partial charge in [0.2, 0.25) is 0 Å². The number of hydrogen-bond donors (Lipinski definition) is 5. The molecule has 14 nitrogen and oxygen atoms in total. The van der Waals surface area contributed by atoms with Gasteiger partial charge in [-0.2, -0.15) is 0 Å². The number of fused-ring (bicyclic) bond motifs is 2. The van der Waals surface area contributed by atoms with Gasteiger partial charge in [-0.1, -0.05) is 20.8 Å². The van der Waals surface area contributed by atoms with Gasteiger partial charge in [0.25, 0.3) is 0 Å². The first-order valence-electron chi connectivity index (χ1n) is 19.1. The number of benzene rings is 1. The van der Waals surface area contributed by atoms with Gasteiger partial charge in [-0.25, -0.2) is 9.18 Å². The third kappa shape index (κ3) is 9.44. The highest BCUT2D eigenvalue weighted by Gasteiger charge is 2.64. The fourth-order valence-electron chi connectivity index (χ4n) is 8.62. The van der Waals surface area contributed by atoms with E-state index in [1.807, 2.05) is 25.8 Å². The maximum atomic E-state index is 13.7. The summed E-state index contributed by atoms with van der Waals surface area (Å²) in [6.45, 7) is 14.0. The van der Waals surface area contributed by atoms with Gasteiger partial charge < -0.3 is 54.1 Å². The third-order valence-corrected chi connectivity index (χ3v) is 11.9. The highest BCUT2D eigenvalue weighted by Crippen LogP contribution is 2.50. The lowest BCUT2D eigenvalue weighted by atomic mass is 9.80. The van der Waals surface area contributed by atoms with Gasteiger partial charge in [-0.05, 0) is 98.2 Å². The van der Waals surface area contributed by atoms with E-state index in [2.05, 4.69) is 0 Å². The Morgan fingerprint density at radius 3 is 2.35 bits per heavy atom. The van der Waals surface area contributed by atoms with Crippen LogP contribution in [0.3, 0.4) is 0 Å². The van der Waals surface area contributed by atoms with E-state index in [1.165, 1.54) is 26.0 Å². The van der Waals surface area contributed by atoms with Crippen LogP contribution in [-0.4, -0.2) is 153 Å². The van der Waals surface area contributed by atoms with E-state index in [1.54, 1.807) is 39.6 Å². The van der Waals surface area contributed by atoms with E-state index < -0.39 is 102 Å². The molecule has 3 heterocycles. The SMILES string of the molecule is CC[C@H]1OC(=O)[C@H](C)C2(O)O[C@@](C)(C[C@@H](C)CN(C)[C@H](C)[C@@H](O)[C@]1(C)O)[C@H](O[C@@H]1O[C@H](C)CC(N(C)CC(O)COC(=O)c3ccc(F)cc3)C1O)[C@H]2C. The number of carbonyl (C=O) groups excluding carboxylic acids is 2. The average molecular weight is 771 g/mol. The van der Waals surface area contributed by atoms with Crippen LogP contribution in [-0.2, 0) is 28.5 Å². The van der Waals surface area contributed by atoms with E-state index in [4.69, 9.17) is 23.7 Å². The quantitative estimate of drug-likeness (QED) is 0.230. The normalized spacial score (nSPS) is 41.9. The number of nitrogens with zero attached hydrogens (tertiary/aromatic N) is 2. The number of aliphatic hydroxyl groups is 5. The van der Waals surface area contributed by atoms with E-state index in [9.17, 15) is 39.5 Å². The second kappa shape index (κ2) is 17.5. The molecule has 15 atom stereocenters. The molecule has 3 saturated heterocycles. The summed E-state index contributed by atoms with van der Waals surface area (Å²) in [7, 11) is 3.55. The van der Waals surface area contributed by atoms with Crippen molar-refractivity contribution in [3.63, 3.8) is 0 Å². The second-order valence-corrected chi connectivity index (χ2v) is 16.5. The molecule has 1 aromatic carbocycles. The average Bonchev–Trinajstić information content (AvgIpc) is 3.29. The Bertz CT molecular complexity index is 1420. The molecule has 54 heavy (non-hydrogen) atoms. The van der Waals surface area contributed by atoms with Crippen molar-refractivity contribution in [1.29, 1.82) is 0 Å². The molecule has 0 amide bonds. The molecule has 0 aromatic heterocycles. The van der Waals surface area contributed by atoms with Crippen molar-refractivity contribution in [2.45, 2.75) is 147 Å². The number of likely N-dealkylation sites (N-methyl/N-ethyl adjacent to an activating group) is 2. The summed E-state index contributed by atoms with van der Waals surface area (Å²) in [5.41, 5.74) is -2.84. The van der Waals surface area contributed by atoms with Crippen molar-refractivity contribution in [2.75, 3.05) is 33.8 Å². The highest BCUT2D eigenvalue weighted by atomic mass is 19.1. The summed E-state index contributed by atoms with van der Waals surface area (Å²) >= 11 is 0. The number of halogens is 1. The van der Waals surface area contributed by atoms with Crippen molar-refractivity contribution < 1.29 is 63.2 Å². The monoisotopic (exact) mass is 770 g/mol. The Morgan fingerprint density at radius 1 is 1.11 bits per heavy atom. The minimum atomic E-state index is -2.08. The lowest BCUT2D eigenvalue weighted by Crippen LogP contribution is -2.59. The van der Waals surface area contributed by atoms with Crippen LogP contribution in [0.25, 0.3) is 0 Å². The number of esters is 2. The number of rotatable bonds is 9. The number of hydrogen-bond acceptors (Lipinski definition) is 14. The molecule has 3 aliphatic heterocycles.